The summed E-state index contributed by atoms with van der Waals surface area (Å²) in [5, 5.41) is 3.37. The van der Waals surface area contributed by atoms with Crippen LogP contribution in [0.25, 0.3) is 10.8 Å². The summed E-state index contributed by atoms with van der Waals surface area (Å²) in [6.07, 6.45) is 0.934. The molecule has 6 nitrogen and oxygen atoms in total. The number of nitrogens with zero attached hydrogens (tertiary/aromatic N) is 1. The molecule has 0 aliphatic heterocycles. The minimum absolute atomic E-state index is 0.0401. The number of hydrogen-bond acceptors (Lipinski definition) is 4. The van der Waals surface area contributed by atoms with Crippen LogP contribution in [0.5, 0.6) is 0 Å². The van der Waals surface area contributed by atoms with Crippen LogP contribution in [-0.2, 0) is 16.1 Å². The van der Waals surface area contributed by atoms with E-state index in [-0.39, 0.29) is 28.6 Å². The van der Waals surface area contributed by atoms with Gasteiger partial charge >= 0.3 is 6.09 Å². The Morgan fingerprint density at radius 1 is 1.33 bits per heavy atom. The lowest BCUT2D eigenvalue weighted by atomic mass is 10.1. The third-order valence-corrected chi connectivity index (χ3v) is 4.27. The van der Waals surface area contributed by atoms with Crippen molar-refractivity contribution in [3.8, 4) is 0 Å². The van der Waals surface area contributed by atoms with E-state index in [9.17, 15) is 18.8 Å². The molecule has 1 atom stereocenters. The summed E-state index contributed by atoms with van der Waals surface area (Å²) >= 11 is 3.08. The number of Topliss-reactive ketones (excluding diaryl/α,β-unsaturated/α-hetero) is 1. The molecule has 27 heavy (non-hydrogen) atoms. The summed E-state index contributed by atoms with van der Waals surface area (Å²) < 4.78 is 20.4. The summed E-state index contributed by atoms with van der Waals surface area (Å²) in [4.78, 5) is 36.5. The summed E-state index contributed by atoms with van der Waals surface area (Å²) in [5.74, 6) is -0.781. The molecule has 1 N–H and O–H groups in total. The number of amides is 1. The van der Waals surface area contributed by atoms with Crippen LogP contribution in [-0.4, -0.2) is 28.1 Å². The maximum Gasteiger partial charge on any atom is 0.407 e. The van der Waals surface area contributed by atoms with Crippen molar-refractivity contribution in [1.82, 2.24) is 9.88 Å². The topological polar surface area (TPSA) is 77.4 Å². The summed E-state index contributed by atoms with van der Waals surface area (Å²) in [7, 11) is 0. The Hall–Kier alpha value is -2.22. The molecule has 1 aromatic carbocycles. The van der Waals surface area contributed by atoms with E-state index in [1.165, 1.54) is 16.8 Å². The summed E-state index contributed by atoms with van der Waals surface area (Å²) in [5.41, 5.74) is -1.07. The van der Waals surface area contributed by atoms with E-state index in [0.29, 0.717) is 5.39 Å². The lowest BCUT2D eigenvalue weighted by Crippen LogP contribution is -2.39. The molecule has 2 rings (SSSR count). The van der Waals surface area contributed by atoms with E-state index >= 15 is 0 Å². The van der Waals surface area contributed by atoms with Crippen LogP contribution in [0, 0.1) is 5.82 Å². The van der Waals surface area contributed by atoms with Crippen molar-refractivity contribution in [2.24, 2.45) is 0 Å². The second kappa shape index (κ2) is 8.21. The van der Waals surface area contributed by atoms with Gasteiger partial charge < -0.3 is 14.6 Å². The number of ketones is 1. The lowest BCUT2D eigenvalue weighted by molar-refractivity contribution is -0.120. The highest BCUT2D eigenvalue weighted by atomic mass is 79.9. The first-order valence-corrected chi connectivity index (χ1v) is 9.25. The van der Waals surface area contributed by atoms with E-state index < -0.39 is 29.1 Å². The van der Waals surface area contributed by atoms with Crippen LogP contribution in [0.4, 0.5) is 9.18 Å². The van der Waals surface area contributed by atoms with Gasteiger partial charge in [-0.15, -0.1) is 0 Å². The zero-order valence-electron chi connectivity index (χ0n) is 15.6. The highest BCUT2D eigenvalue weighted by Gasteiger charge is 2.19. The third-order valence-electron chi connectivity index (χ3n) is 3.66. The predicted molar refractivity (Wildman–Crippen MR) is 104 cm³/mol. The molecule has 0 saturated carbocycles. The average molecular weight is 441 g/mol. The minimum Gasteiger partial charge on any atom is -0.444 e. The number of halogens is 2. The zero-order chi connectivity index (χ0) is 20.4. The Balaban J connectivity index is 2.05. The van der Waals surface area contributed by atoms with Gasteiger partial charge in [-0.2, -0.15) is 0 Å². The van der Waals surface area contributed by atoms with Crippen molar-refractivity contribution in [3.05, 3.63) is 45.0 Å². The van der Waals surface area contributed by atoms with Gasteiger partial charge in [0.15, 0.2) is 5.78 Å². The Morgan fingerprint density at radius 2 is 2.00 bits per heavy atom. The van der Waals surface area contributed by atoms with Crippen molar-refractivity contribution < 1.29 is 18.7 Å². The smallest absolute Gasteiger partial charge is 0.407 e. The monoisotopic (exact) mass is 440 g/mol. The van der Waals surface area contributed by atoms with Crippen LogP contribution < -0.4 is 10.9 Å². The minimum atomic E-state index is -0.628. The molecular weight excluding hydrogens is 419 g/mol. The quantitative estimate of drug-likeness (QED) is 0.767. The van der Waals surface area contributed by atoms with Crippen molar-refractivity contribution in [2.75, 3.05) is 0 Å². The number of carbonyl (C=O) groups excluding carboxylic acids is 2. The zero-order valence-corrected chi connectivity index (χ0v) is 17.2. The van der Waals surface area contributed by atoms with Crippen molar-refractivity contribution >= 4 is 38.6 Å². The number of nitrogens with one attached hydrogen (secondary N) is 1. The van der Waals surface area contributed by atoms with Gasteiger partial charge in [-0.3, -0.25) is 9.59 Å². The first kappa shape index (κ1) is 21.1. The fourth-order valence-corrected chi connectivity index (χ4v) is 2.92. The second-order valence-corrected chi connectivity index (χ2v) is 8.25. The van der Waals surface area contributed by atoms with E-state index in [1.54, 1.807) is 33.8 Å². The third kappa shape index (κ3) is 5.89. The standard InChI is InChI=1S/C19H22BrFN2O4/c1-11(22-18(26)27-19(2,3)4)7-13(24)10-23-6-5-12-8-15(20)16(21)9-14(12)17(23)25/h5-6,8-9,11H,7,10H2,1-4H3,(H,22,26). The van der Waals surface area contributed by atoms with E-state index in [1.807, 2.05) is 0 Å². The maximum atomic E-state index is 13.7. The number of carbonyl (C=O) groups is 2. The molecule has 0 aliphatic rings. The molecule has 1 unspecified atom stereocenters. The van der Waals surface area contributed by atoms with Crippen LogP contribution in [0.1, 0.15) is 34.1 Å². The van der Waals surface area contributed by atoms with Crippen LogP contribution in [0.2, 0.25) is 0 Å². The van der Waals surface area contributed by atoms with Gasteiger partial charge in [-0.05, 0) is 67.2 Å². The summed E-state index contributed by atoms with van der Waals surface area (Å²) in [6.45, 7) is 6.76. The number of rotatable bonds is 5. The van der Waals surface area contributed by atoms with E-state index in [4.69, 9.17) is 4.74 Å². The number of pyridine rings is 1. The highest BCUT2D eigenvalue weighted by molar-refractivity contribution is 9.10. The molecule has 8 heteroatoms. The molecule has 0 saturated heterocycles. The molecule has 146 valence electrons. The Labute approximate surface area is 164 Å². The molecule has 0 radical (unpaired) electrons. The Morgan fingerprint density at radius 3 is 2.63 bits per heavy atom. The first-order valence-electron chi connectivity index (χ1n) is 8.45. The lowest BCUT2D eigenvalue weighted by Gasteiger charge is -2.21. The molecule has 0 aliphatic carbocycles. The molecule has 0 spiro atoms. The van der Waals surface area contributed by atoms with Crippen LogP contribution in [0.15, 0.2) is 33.7 Å². The summed E-state index contributed by atoms with van der Waals surface area (Å²) in [6, 6.07) is 3.87. The fourth-order valence-electron chi connectivity index (χ4n) is 2.56. The first-order chi connectivity index (χ1) is 12.5. The Bertz CT molecular complexity index is 934. The fraction of sp³-hybridized carbons (Fsp3) is 0.421. The second-order valence-electron chi connectivity index (χ2n) is 7.39. The van der Waals surface area contributed by atoms with E-state index in [2.05, 4.69) is 21.2 Å². The van der Waals surface area contributed by atoms with Crippen molar-refractivity contribution in [2.45, 2.75) is 52.3 Å². The molecule has 1 heterocycles. The molecular formula is C19H22BrFN2O4. The van der Waals surface area contributed by atoms with Gasteiger partial charge in [-0.25, -0.2) is 9.18 Å². The number of ether oxygens (including phenoxy) is 1. The van der Waals surface area contributed by atoms with Crippen molar-refractivity contribution in [3.63, 3.8) is 0 Å². The number of benzene rings is 1. The molecule has 2 aromatic rings. The highest BCUT2D eigenvalue weighted by Crippen LogP contribution is 2.21. The number of aromatic nitrogens is 1. The average Bonchev–Trinajstić information content (AvgIpc) is 2.50. The number of hydrogen-bond donors (Lipinski definition) is 1. The number of alkyl carbamates (subject to hydrolysis) is 1. The largest absolute Gasteiger partial charge is 0.444 e. The van der Waals surface area contributed by atoms with Gasteiger partial charge in [0.05, 0.1) is 16.4 Å². The van der Waals surface area contributed by atoms with E-state index in [0.717, 1.165) is 6.07 Å². The Kier molecular flexibility index (Phi) is 6.41. The van der Waals surface area contributed by atoms with Gasteiger partial charge in [0.2, 0.25) is 0 Å². The maximum absolute atomic E-state index is 13.7. The SMILES string of the molecule is CC(CC(=O)Cn1ccc2cc(Br)c(F)cc2c1=O)NC(=O)OC(C)(C)C. The van der Waals surface area contributed by atoms with Gasteiger partial charge in [0.1, 0.15) is 11.4 Å². The normalized spacial score (nSPS) is 12.7. The molecule has 0 bridgehead atoms. The molecule has 0 fully saturated rings. The van der Waals surface area contributed by atoms with Crippen LogP contribution >= 0.6 is 15.9 Å². The van der Waals surface area contributed by atoms with Crippen molar-refractivity contribution in [1.29, 1.82) is 0 Å². The molecule has 1 amide bonds. The number of fused-ring (bicyclic) bond motifs is 1. The van der Waals surface area contributed by atoms with Gasteiger partial charge in [0, 0.05) is 18.7 Å². The van der Waals surface area contributed by atoms with Gasteiger partial charge in [0.25, 0.3) is 5.56 Å². The molecule has 1 aromatic heterocycles. The van der Waals surface area contributed by atoms with Gasteiger partial charge in [-0.1, -0.05) is 0 Å². The predicted octanol–water partition coefficient (Wildman–Crippen LogP) is 3.78. The van der Waals surface area contributed by atoms with Crippen LogP contribution in [0.3, 0.4) is 0 Å².